The van der Waals surface area contributed by atoms with Crippen LogP contribution in [-0.4, -0.2) is 17.6 Å². The van der Waals surface area contributed by atoms with Crippen LogP contribution in [0.2, 0.25) is 0 Å². The third-order valence-electron chi connectivity index (χ3n) is 2.06. The number of carbonyl (C=O) groups is 1. The molecule has 0 saturated heterocycles. The number of hydrogen-bond acceptors (Lipinski definition) is 4. The maximum Gasteiger partial charge on any atom is 0.310 e. The molecule has 0 amide bonds. The average Bonchev–Trinajstić information content (AvgIpc) is 2.21. The second-order valence-electron chi connectivity index (χ2n) is 3.28. The quantitative estimate of drug-likeness (QED) is 0.776. The van der Waals surface area contributed by atoms with Gasteiger partial charge in [-0.25, -0.2) is 8.78 Å². The Kier molecular flexibility index (Phi) is 4.19. The van der Waals surface area contributed by atoms with Gasteiger partial charge >= 0.3 is 5.97 Å². The molecule has 0 bridgehead atoms. The van der Waals surface area contributed by atoms with Crippen LogP contribution in [-0.2, 0) is 16.0 Å². The summed E-state index contributed by atoms with van der Waals surface area (Å²) in [4.78, 5) is 24.6. The monoisotopic (exact) mass is 246 g/mol. The van der Waals surface area contributed by atoms with Crippen LogP contribution >= 0.6 is 0 Å². The summed E-state index contributed by atoms with van der Waals surface area (Å²) >= 11 is 0. The molecule has 1 aromatic rings. The summed E-state index contributed by atoms with van der Waals surface area (Å²) in [5.41, 5.74) is 3.98. The highest BCUT2D eigenvalue weighted by molar-refractivity contribution is 5.72. The Morgan fingerprint density at radius 3 is 2.76 bits per heavy atom. The van der Waals surface area contributed by atoms with Crippen LogP contribution in [0.3, 0.4) is 0 Å². The lowest BCUT2D eigenvalue weighted by molar-refractivity contribution is -0.142. The largest absolute Gasteiger partial charge is 0.466 e. The number of carbonyl (C=O) groups excluding carboxylic acids is 1. The molecular weight excluding hydrogens is 234 g/mol. The summed E-state index contributed by atoms with van der Waals surface area (Å²) in [6, 6.07) is 0.926. The zero-order chi connectivity index (χ0) is 13.0. The number of aromatic amines is 1. The number of anilines is 1. The van der Waals surface area contributed by atoms with Gasteiger partial charge in [0.15, 0.2) is 0 Å². The second-order valence-corrected chi connectivity index (χ2v) is 3.28. The predicted octanol–water partition coefficient (Wildman–Crippen LogP) is 1.00. The van der Waals surface area contributed by atoms with E-state index in [1.807, 2.05) is 0 Å². The van der Waals surface area contributed by atoms with Crippen LogP contribution in [0.25, 0.3) is 0 Å². The average molecular weight is 246 g/mol. The predicted molar refractivity (Wildman–Crippen MR) is 56.8 cm³/mol. The number of nitrogen functional groups attached to an aromatic ring is 1. The van der Waals surface area contributed by atoms with Crippen molar-refractivity contribution < 1.29 is 18.3 Å². The van der Waals surface area contributed by atoms with E-state index in [1.54, 1.807) is 6.92 Å². The minimum absolute atomic E-state index is 0.0899. The molecule has 5 nitrogen and oxygen atoms in total. The highest BCUT2D eigenvalue weighted by atomic mass is 19.3. The topological polar surface area (TPSA) is 85.2 Å². The summed E-state index contributed by atoms with van der Waals surface area (Å²) in [5, 5.41) is 0. The van der Waals surface area contributed by atoms with Gasteiger partial charge in [0.05, 0.1) is 18.6 Å². The fourth-order valence-corrected chi connectivity index (χ4v) is 1.29. The fraction of sp³-hybridized carbons (Fsp3) is 0.400. The van der Waals surface area contributed by atoms with Crippen LogP contribution in [0.1, 0.15) is 24.5 Å². The van der Waals surface area contributed by atoms with Gasteiger partial charge < -0.3 is 15.5 Å². The van der Waals surface area contributed by atoms with Gasteiger partial charge in [-0.05, 0) is 13.0 Å². The number of pyridine rings is 1. The fourth-order valence-electron chi connectivity index (χ4n) is 1.29. The Morgan fingerprint density at radius 2 is 2.24 bits per heavy atom. The van der Waals surface area contributed by atoms with Crippen molar-refractivity contribution in [3.63, 3.8) is 0 Å². The van der Waals surface area contributed by atoms with Crippen molar-refractivity contribution in [2.45, 2.75) is 19.8 Å². The number of nitrogens with two attached hydrogens (primary N) is 1. The summed E-state index contributed by atoms with van der Waals surface area (Å²) in [7, 11) is 0. The molecule has 0 unspecified atom stereocenters. The van der Waals surface area contributed by atoms with Crippen molar-refractivity contribution in [1.82, 2.24) is 4.98 Å². The molecule has 0 aromatic carbocycles. The van der Waals surface area contributed by atoms with Crippen molar-refractivity contribution in [2.24, 2.45) is 0 Å². The Balaban J connectivity index is 3.04. The molecule has 0 atom stereocenters. The van der Waals surface area contributed by atoms with Crippen LogP contribution in [0.5, 0.6) is 0 Å². The zero-order valence-corrected chi connectivity index (χ0v) is 9.13. The van der Waals surface area contributed by atoms with Gasteiger partial charge in [0.2, 0.25) is 0 Å². The Morgan fingerprint density at radius 1 is 1.59 bits per heavy atom. The van der Waals surface area contributed by atoms with Crippen LogP contribution in [0, 0.1) is 0 Å². The summed E-state index contributed by atoms with van der Waals surface area (Å²) in [6.07, 6.45) is -3.17. The van der Waals surface area contributed by atoms with E-state index < -0.39 is 29.3 Å². The molecule has 1 heterocycles. The standard InChI is InChI=1S/C10H12F2N2O3/c1-2-17-7(15)4-5-3-6(8(11)12)9(13)14-10(5)16/h3,8H,2,4H2,1H3,(H3,13,14,16). The minimum Gasteiger partial charge on any atom is -0.466 e. The smallest absolute Gasteiger partial charge is 0.310 e. The van der Waals surface area contributed by atoms with E-state index in [-0.39, 0.29) is 18.6 Å². The molecule has 0 aliphatic heterocycles. The first-order valence-electron chi connectivity index (χ1n) is 4.91. The Hall–Kier alpha value is -1.92. The normalized spacial score (nSPS) is 10.6. The van der Waals surface area contributed by atoms with Gasteiger partial charge in [-0.2, -0.15) is 0 Å². The highest BCUT2D eigenvalue weighted by Crippen LogP contribution is 2.22. The van der Waals surface area contributed by atoms with Crippen LogP contribution in [0.15, 0.2) is 10.9 Å². The van der Waals surface area contributed by atoms with Gasteiger partial charge in [-0.15, -0.1) is 0 Å². The Labute approximate surface area is 95.6 Å². The van der Waals surface area contributed by atoms with Gasteiger partial charge in [0.1, 0.15) is 5.82 Å². The van der Waals surface area contributed by atoms with Crippen LogP contribution in [0.4, 0.5) is 14.6 Å². The second kappa shape index (κ2) is 5.42. The van der Waals surface area contributed by atoms with Crippen molar-refractivity contribution in [3.05, 3.63) is 27.5 Å². The first-order valence-corrected chi connectivity index (χ1v) is 4.91. The number of ether oxygens (including phenoxy) is 1. The van der Waals surface area contributed by atoms with Crippen molar-refractivity contribution in [3.8, 4) is 0 Å². The van der Waals surface area contributed by atoms with Gasteiger partial charge in [-0.1, -0.05) is 0 Å². The zero-order valence-electron chi connectivity index (χ0n) is 9.13. The molecule has 1 rings (SSSR count). The third-order valence-corrected chi connectivity index (χ3v) is 2.06. The SMILES string of the molecule is CCOC(=O)Cc1cc(C(F)F)c(N)[nH]c1=O. The number of esters is 1. The maximum atomic E-state index is 12.5. The molecule has 0 aliphatic rings. The number of rotatable bonds is 4. The molecule has 0 saturated carbocycles. The molecule has 7 heteroatoms. The summed E-state index contributed by atoms with van der Waals surface area (Å²) in [6.45, 7) is 1.77. The molecule has 17 heavy (non-hydrogen) atoms. The molecule has 0 aliphatic carbocycles. The molecule has 94 valence electrons. The number of H-pyrrole nitrogens is 1. The number of nitrogens with one attached hydrogen (secondary N) is 1. The van der Waals surface area contributed by atoms with Gasteiger partial charge in [0, 0.05) is 5.56 Å². The van der Waals surface area contributed by atoms with E-state index in [4.69, 9.17) is 5.73 Å². The van der Waals surface area contributed by atoms with E-state index in [2.05, 4.69) is 9.72 Å². The van der Waals surface area contributed by atoms with Crippen LogP contribution < -0.4 is 11.3 Å². The van der Waals surface area contributed by atoms with Crippen molar-refractivity contribution >= 4 is 11.8 Å². The van der Waals surface area contributed by atoms with Crippen molar-refractivity contribution in [1.29, 1.82) is 0 Å². The lowest BCUT2D eigenvalue weighted by Gasteiger charge is -2.07. The van der Waals surface area contributed by atoms with E-state index >= 15 is 0 Å². The number of alkyl halides is 2. The highest BCUT2D eigenvalue weighted by Gasteiger charge is 2.16. The molecule has 0 radical (unpaired) electrons. The lowest BCUT2D eigenvalue weighted by Crippen LogP contribution is -2.20. The van der Waals surface area contributed by atoms with E-state index in [1.165, 1.54) is 0 Å². The first-order chi connectivity index (χ1) is 7.95. The van der Waals surface area contributed by atoms with Crippen molar-refractivity contribution in [2.75, 3.05) is 12.3 Å². The molecule has 0 spiro atoms. The minimum atomic E-state index is -2.81. The van der Waals surface area contributed by atoms with E-state index in [9.17, 15) is 18.4 Å². The molecule has 0 fully saturated rings. The molecule has 1 aromatic heterocycles. The third kappa shape index (κ3) is 3.27. The van der Waals surface area contributed by atoms with E-state index in [0.717, 1.165) is 6.07 Å². The lowest BCUT2D eigenvalue weighted by atomic mass is 10.1. The van der Waals surface area contributed by atoms with Gasteiger partial charge in [0.25, 0.3) is 12.0 Å². The number of aromatic nitrogens is 1. The summed E-state index contributed by atoms with van der Waals surface area (Å²) in [5.74, 6) is -1.04. The molecule has 3 N–H and O–H groups in total. The summed E-state index contributed by atoms with van der Waals surface area (Å²) < 4.78 is 29.6. The van der Waals surface area contributed by atoms with E-state index in [0.29, 0.717) is 0 Å². The molecular formula is C10H12F2N2O3. The number of hydrogen-bond donors (Lipinski definition) is 2. The first kappa shape index (κ1) is 13.1. The van der Waals surface area contributed by atoms with Gasteiger partial charge in [-0.3, -0.25) is 9.59 Å². The number of halogens is 2. The maximum absolute atomic E-state index is 12.5. The Bertz CT molecular complexity index is 471.